The third kappa shape index (κ3) is 5.59. The Morgan fingerprint density at radius 3 is 2.31 bits per heavy atom. The first-order valence-electron chi connectivity index (χ1n) is 8.78. The van der Waals surface area contributed by atoms with E-state index >= 15 is 0 Å². The number of likely N-dealkylation sites (tertiary alicyclic amines) is 1. The molecule has 1 saturated heterocycles. The van der Waals surface area contributed by atoms with Gasteiger partial charge in [-0.1, -0.05) is 0 Å². The smallest absolute Gasteiger partial charge is 0.416 e. The molecule has 1 aliphatic heterocycles. The van der Waals surface area contributed by atoms with Crippen LogP contribution in [0.25, 0.3) is 0 Å². The van der Waals surface area contributed by atoms with Crippen molar-refractivity contribution in [1.29, 1.82) is 0 Å². The quantitative estimate of drug-likeness (QED) is 0.765. The number of ether oxygens (including phenoxy) is 2. The molecular weight excluding hydrogens is 354 g/mol. The van der Waals surface area contributed by atoms with Gasteiger partial charge in [-0.05, 0) is 54.9 Å². The summed E-state index contributed by atoms with van der Waals surface area (Å²) in [4.78, 5) is 33.7. The number of amides is 2. The molecule has 26 heavy (non-hydrogen) atoms. The van der Waals surface area contributed by atoms with Gasteiger partial charge in [-0.3, -0.25) is 0 Å². The van der Waals surface area contributed by atoms with Crippen LogP contribution >= 0.6 is 11.3 Å². The van der Waals surface area contributed by atoms with Gasteiger partial charge in [0.15, 0.2) is 5.13 Å². The first-order valence-corrected chi connectivity index (χ1v) is 9.60. The zero-order chi connectivity index (χ0) is 19.7. The molecule has 0 radical (unpaired) electrons. The number of thiazole rings is 1. The van der Waals surface area contributed by atoms with Crippen molar-refractivity contribution < 1.29 is 19.1 Å². The Hall–Kier alpha value is -1.83. The lowest BCUT2D eigenvalue weighted by Crippen LogP contribution is -2.45. The van der Waals surface area contributed by atoms with Gasteiger partial charge >= 0.3 is 12.2 Å². The highest BCUT2D eigenvalue weighted by Gasteiger charge is 2.38. The number of aryl methyl sites for hydroxylation is 1. The van der Waals surface area contributed by atoms with Crippen LogP contribution in [-0.4, -0.2) is 52.4 Å². The van der Waals surface area contributed by atoms with Crippen LogP contribution in [-0.2, 0) is 9.47 Å². The maximum atomic E-state index is 12.8. The minimum Gasteiger partial charge on any atom is -0.444 e. The second kappa shape index (κ2) is 7.42. The summed E-state index contributed by atoms with van der Waals surface area (Å²) in [7, 11) is 0. The average molecular weight is 384 g/mol. The molecule has 2 rings (SSSR count). The molecule has 8 heteroatoms. The van der Waals surface area contributed by atoms with Crippen molar-refractivity contribution in [2.24, 2.45) is 0 Å². The van der Waals surface area contributed by atoms with E-state index in [1.165, 1.54) is 11.3 Å². The molecule has 2 heterocycles. The summed E-state index contributed by atoms with van der Waals surface area (Å²) in [6.07, 6.45) is 1.58. The van der Waals surface area contributed by atoms with E-state index in [2.05, 4.69) is 4.98 Å². The molecule has 7 nitrogen and oxygen atoms in total. The second-order valence-corrected chi connectivity index (χ2v) is 9.69. The molecule has 1 aromatic heterocycles. The summed E-state index contributed by atoms with van der Waals surface area (Å²) in [6, 6.07) is -0.192. The minimum absolute atomic E-state index is 0.192. The molecule has 0 bridgehead atoms. The van der Waals surface area contributed by atoms with Crippen LogP contribution in [0.1, 0.15) is 52.8 Å². The van der Waals surface area contributed by atoms with Crippen LogP contribution in [0.5, 0.6) is 0 Å². The normalized spacial score (nSPS) is 18.0. The fraction of sp³-hybridized carbons (Fsp3) is 0.722. The van der Waals surface area contributed by atoms with Gasteiger partial charge in [-0.15, -0.1) is 11.3 Å². The van der Waals surface area contributed by atoms with Crippen LogP contribution < -0.4 is 4.90 Å². The van der Waals surface area contributed by atoms with E-state index in [4.69, 9.17) is 9.47 Å². The zero-order valence-corrected chi connectivity index (χ0v) is 17.5. The fourth-order valence-electron chi connectivity index (χ4n) is 2.59. The number of aromatic nitrogens is 1. The Labute approximate surface area is 159 Å². The maximum Gasteiger partial charge on any atom is 0.416 e. The molecule has 2 amide bonds. The largest absolute Gasteiger partial charge is 0.444 e. The summed E-state index contributed by atoms with van der Waals surface area (Å²) < 4.78 is 11.0. The molecule has 146 valence electrons. The van der Waals surface area contributed by atoms with Crippen molar-refractivity contribution in [3.05, 3.63) is 11.1 Å². The number of hydrogen-bond acceptors (Lipinski definition) is 6. The molecular formula is C18H29N3O4S. The summed E-state index contributed by atoms with van der Waals surface area (Å²) in [6.45, 7) is 13.9. The SMILES string of the molecule is Cc1cnc(N(C(=O)OC(C)(C)C)C2CCN(C(=O)OC(C)(C)C)C2)s1. The lowest BCUT2D eigenvalue weighted by molar-refractivity contribution is 0.0287. The molecule has 0 spiro atoms. The van der Waals surface area contributed by atoms with E-state index in [1.807, 2.05) is 48.5 Å². The van der Waals surface area contributed by atoms with E-state index in [9.17, 15) is 9.59 Å². The predicted molar refractivity (Wildman–Crippen MR) is 102 cm³/mol. The third-order valence-corrected chi connectivity index (χ3v) is 4.50. The van der Waals surface area contributed by atoms with Crippen LogP contribution in [0.2, 0.25) is 0 Å². The minimum atomic E-state index is -0.606. The van der Waals surface area contributed by atoms with Gasteiger partial charge in [0.25, 0.3) is 0 Å². The maximum absolute atomic E-state index is 12.8. The van der Waals surface area contributed by atoms with E-state index in [1.54, 1.807) is 16.0 Å². The lowest BCUT2D eigenvalue weighted by Gasteiger charge is -2.30. The van der Waals surface area contributed by atoms with Gasteiger partial charge in [0.2, 0.25) is 0 Å². The highest BCUT2D eigenvalue weighted by Crippen LogP contribution is 2.29. The fourth-order valence-corrected chi connectivity index (χ4v) is 3.41. The Morgan fingerprint density at radius 2 is 1.81 bits per heavy atom. The van der Waals surface area contributed by atoms with Crippen molar-refractivity contribution in [3.63, 3.8) is 0 Å². The van der Waals surface area contributed by atoms with E-state index < -0.39 is 17.3 Å². The predicted octanol–water partition coefficient (Wildman–Crippen LogP) is 4.20. The number of rotatable bonds is 2. The second-order valence-electron chi connectivity index (χ2n) is 8.47. The van der Waals surface area contributed by atoms with Crippen molar-refractivity contribution in [1.82, 2.24) is 9.88 Å². The average Bonchev–Trinajstić information content (AvgIpc) is 3.05. The number of hydrogen-bond donors (Lipinski definition) is 0. The Bertz CT molecular complexity index is 660. The van der Waals surface area contributed by atoms with Crippen molar-refractivity contribution in [3.8, 4) is 0 Å². The Kier molecular flexibility index (Phi) is 5.85. The summed E-state index contributed by atoms with van der Waals surface area (Å²) in [5.74, 6) is 0. The van der Waals surface area contributed by atoms with Crippen molar-refractivity contribution in [2.45, 2.75) is 72.1 Å². The van der Waals surface area contributed by atoms with Gasteiger partial charge in [0.05, 0.1) is 6.04 Å². The topological polar surface area (TPSA) is 72.0 Å². The van der Waals surface area contributed by atoms with Crippen LogP contribution in [0, 0.1) is 6.92 Å². The molecule has 1 fully saturated rings. The Balaban J connectivity index is 2.16. The molecule has 0 N–H and O–H groups in total. The molecule has 0 aromatic carbocycles. The van der Waals surface area contributed by atoms with E-state index in [0.29, 0.717) is 24.6 Å². The zero-order valence-electron chi connectivity index (χ0n) is 16.7. The highest BCUT2D eigenvalue weighted by atomic mass is 32.1. The van der Waals surface area contributed by atoms with E-state index in [0.717, 1.165) is 4.88 Å². The molecule has 1 unspecified atom stereocenters. The third-order valence-electron chi connectivity index (χ3n) is 3.59. The highest BCUT2D eigenvalue weighted by molar-refractivity contribution is 7.15. The van der Waals surface area contributed by atoms with Gasteiger partial charge in [-0.2, -0.15) is 0 Å². The van der Waals surface area contributed by atoms with Gasteiger partial charge in [-0.25, -0.2) is 19.5 Å². The summed E-state index contributed by atoms with van der Waals surface area (Å²) in [5, 5.41) is 0.591. The number of anilines is 1. The van der Waals surface area contributed by atoms with Crippen LogP contribution in [0.4, 0.5) is 14.7 Å². The van der Waals surface area contributed by atoms with Gasteiger partial charge < -0.3 is 14.4 Å². The molecule has 0 aliphatic carbocycles. The number of carbonyl (C=O) groups is 2. The Morgan fingerprint density at radius 1 is 1.19 bits per heavy atom. The molecule has 0 saturated carbocycles. The first-order chi connectivity index (χ1) is 11.9. The molecule has 1 atom stereocenters. The van der Waals surface area contributed by atoms with Crippen molar-refractivity contribution in [2.75, 3.05) is 18.0 Å². The van der Waals surface area contributed by atoms with Crippen LogP contribution in [0.3, 0.4) is 0 Å². The number of nitrogens with zero attached hydrogens (tertiary/aromatic N) is 3. The first kappa shape index (κ1) is 20.5. The standard InChI is InChI=1S/C18H29N3O4S/c1-12-10-19-14(26-12)21(16(23)25-18(5,6)7)13-8-9-20(11-13)15(22)24-17(2,3)4/h10,13H,8-9,11H2,1-7H3. The van der Waals surface area contributed by atoms with Crippen LogP contribution in [0.15, 0.2) is 6.20 Å². The monoisotopic (exact) mass is 383 g/mol. The van der Waals surface area contributed by atoms with Gasteiger partial charge in [0.1, 0.15) is 11.2 Å². The lowest BCUT2D eigenvalue weighted by atomic mass is 10.2. The number of carbonyl (C=O) groups excluding carboxylic acids is 2. The molecule has 1 aromatic rings. The van der Waals surface area contributed by atoms with E-state index in [-0.39, 0.29) is 12.1 Å². The van der Waals surface area contributed by atoms with Gasteiger partial charge in [0, 0.05) is 24.2 Å². The van der Waals surface area contributed by atoms with Crippen molar-refractivity contribution >= 4 is 28.7 Å². The molecule has 1 aliphatic rings. The summed E-state index contributed by atoms with van der Waals surface area (Å²) in [5.41, 5.74) is -1.16. The summed E-state index contributed by atoms with van der Waals surface area (Å²) >= 11 is 1.44.